The molecule has 5 rings (SSSR count). The number of aromatic carboxylic acids is 1. The first-order chi connectivity index (χ1) is 15.2. The van der Waals surface area contributed by atoms with E-state index < -0.39 is 5.97 Å². The average molecular weight is 430 g/mol. The van der Waals surface area contributed by atoms with Gasteiger partial charge in [0.15, 0.2) is 0 Å². The van der Waals surface area contributed by atoms with Crippen molar-refractivity contribution in [1.82, 2.24) is 30.2 Å². The zero-order valence-corrected chi connectivity index (χ0v) is 17.4. The summed E-state index contributed by atoms with van der Waals surface area (Å²) in [6.45, 7) is 2.59. The Bertz CT molecular complexity index is 1370. The molecule has 3 aromatic heterocycles. The van der Waals surface area contributed by atoms with Crippen molar-refractivity contribution in [2.45, 2.75) is 19.9 Å². The normalized spacial score (nSPS) is 11.3. The second-order valence-electron chi connectivity index (χ2n) is 7.05. The SMILES string of the molecule is CCc1nc2csc(C(=O)O)c2n1Cc1ccc(-c2ccccc2-c2nn[nH]n2)cc1. The number of imidazole rings is 1. The summed E-state index contributed by atoms with van der Waals surface area (Å²) < 4.78 is 2.01. The first-order valence-corrected chi connectivity index (χ1v) is 10.7. The van der Waals surface area contributed by atoms with E-state index in [0.29, 0.717) is 22.8 Å². The van der Waals surface area contributed by atoms with Gasteiger partial charge in [0.1, 0.15) is 16.2 Å². The van der Waals surface area contributed by atoms with Crippen molar-refractivity contribution in [3.63, 3.8) is 0 Å². The molecular weight excluding hydrogens is 412 g/mol. The molecule has 0 bridgehead atoms. The van der Waals surface area contributed by atoms with Crippen molar-refractivity contribution < 1.29 is 9.90 Å². The quantitative estimate of drug-likeness (QED) is 0.417. The van der Waals surface area contributed by atoms with Gasteiger partial charge in [-0.25, -0.2) is 9.78 Å². The van der Waals surface area contributed by atoms with E-state index >= 15 is 0 Å². The molecule has 154 valence electrons. The lowest BCUT2D eigenvalue weighted by Crippen LogP contribution is -2.06. The molecule has 2 aromatic carbocycles. The molecule has 0 fully saturated rings. The van der Waals surface area contributed by atoms with Crippen molar-refractivity contribution in [3.05, 3.63) is 70.2 Å². The molecular formula is C22H18N6O2S. The molecule has 0 unspecified atom stereocenters. The largest absolute Gasteiger partial charge is 0.477 e. The highest BCUT2D eigenvalue weighted by Crippen LogP contribution is 2.31. The number of hydrogen-bond acceptors (Lipinski definition) is 6. The van der Waals surface area contributed by atoms with Crippen LogP contribution < -0.4 is 0 Å². The standard InChI is InChI=1S/C22H18N6O2S/c1-2-18-23-17-12-31-20(22(29)30)19(17)28(18)11-13-7-9-14(10-8-13)15-5-3-4-6-16(15)21-24-26-27-25-21/h3-10,12H,2,11H2,1H3,(H,29,30)(H,24,25,26,27). The molecule has 0 radical (unpaired) electrons. The van der Waals surface area contributed by atoms with Gasteiger partial charge < -0.3 is 9.67 Å². The molecule has 0 saturated carbocycles. The molecule has 3 heterocycles. The fraction of sp³-hybridized carbons (Fsp3) is 0.136. The van der Waals surface area contributed by atoms with Crippen LogP contribution in [0.3, 0.4) is 0 Å². The van der Waals surface area contributed by atoms with Gasteiger partial charge in [0.05, 0.1) is 5.52 Å². The van der Waals surface area contributed by atoms with E-state index in [1.54, 1.807) is 0 Å². The highest BCUT2D eigenvalue weighted by Gasteiger charge is 2.20. The molecule has 31 heavy (non-hydrogen) atoms. The molecule has 0 amide bonds. The molecule has 5 aromatic rings. The van der Waals surface area contributed by atoms with E-state index in [4.69, 9.17) is 0 Å². The van der Waals surface area contributed by atoms with Gasteiger partial charge in [-0.3, -0.25) is 0 Å². The number of aromatic nitrogens is 6. The Kier molecular flexibility index (Phi) is 4.79. The van der Waals surface area contributed by atoms with Crippen LogP contribution in [0, 0.1) is 0 Å². The number of carbonyl (C=O) groups is 1. The Morgan fingerprint density at radius 2 is 1.90 bits per heavy atom. The van der Waals surface area contributed by atoms with E-state index in [2.05, 4.69) is 49.9 Å². The van der Waals surface area contributed by atoms with E-state index in [9.17, 15) is 9.90 Å². The van der Waals surface area contributed by atoms with Crippen molar-refractivity contribution in [1.29, 1.82) is 0 Å². The number of benzene rings is 2. The van der Waals surface area contributed by atoms with E-state index in [1.165, 1.54) is 11.3 Å². The van der Waals surface area contributed by atoms with Crippen LogP contribution in [0.4, 0.5) is 0 Å². The molecule has 0 spiro atoms. The number of carboxylic acids is 1. The number of nitrogens with one attached hydrogen (secondary N) is 1. The molecule has 8 nitrogen and oxygen atoms in total. The van der Waals surface area contributed by atoms with E-state index in [0.717, 1.165) is 40.0 Å². The minimum absolute atomic E-state index is 0.327. The van der Waals surface area contributed by atoms with Gasteiger partial charge >= 0.3 is 5.97 Å². The van der Waals surface area contributed by atoms with Crippen LogP contribution in [0.2, 0.25) is 0 Å². The van der Waals surface area contributed by atoms with Crippen molar-refractivity contribution in [2.75, 3.05) is 0 Å². The second-order valence-corrected chi connectivity index (χ2v) is 7.93. The summed E-state index contributed by atoms with van der Waals surface area (Å²) in [6, 6.07) is 16.1. The summed E-state index contributed by atoms with van der Waals surface area (Å²) in [7, 11) is 0. The summed E-state index contributed by atoms with van der Waals surface area (Å²) in [5.41, 5.74) is 5.46. The third-order valence-corrected chi connectivity index (χ3v) is 6.15. The number of thiophene rings is 1. The summed E-state index contributed by atoms with van der Waals surface area (Å²) in [5.74, 6) is 0.510. The maximum atomic E-state index is 11.7. The maximum absolute atomic E-state index is 11.7. The Labute approximate surface area is 181 Å². The van der Waals surface area contributed by atoms with Crippen LogP contribution in [0.1, 0.15) is 28.0 Å². The number of aromatic amines is 1. The number of aryl methyl sites for hydroxylation is 1. The Morgan fingerprint density at radius 1 is 1.13 bits per heavy atom. The number of H-pyrrole nitrogens is 1. The summed E-state index contributed by atoms with van der Waals surface area (Å²) in [5, 5.41) is 25.7. The van der Waals surface area contributed by atoms with Gasteiger partial charge in [-0.1, -0.05) is 55.5 Å². The molecule has 0 saturated heterocycles. The van der Waals surface area contributed by atoms with Crippen LogP contribution in [0.25, 0.3) is 33.5 Å². The molecule has 9 heteroatoms. The van der Waals surface area contributed by atoms with Crippen LogP contribution in [0.15, 0.2) is 53.9 Å². The summed E-state index contributed by atoms with van der Waals surface area (Å²) >= 11 is 1.22. The fourth-order valence-corrected chi connectivity index (χ4v) is 4.60. The van der Waals surface area contributed by atoms with Gasteiger partial charge in [0.2, 0.25) is 5.82 Å². The van der Waals surface area contributed by atoms with Gasteiger partial charge in [0.25, 0.3) is 0 Å². The number of carboxylic acid groups (broad SMARTS) is 1. The first kappa shape index (κ1) is 19.1. The number of fused-ring (bicyclic) bond motifs is 1. The highest BCUT2D eigenvalue weighted by atomic mass is 32.1. The molecule has 0 aliphatic rings. The van der Waals surface area contributed by atoms with Crippen LogP contribution in [0.5, 0.6) is 0 Å². The smallest absolute Gasteiger partial charge is 0.348 e. The van der Waals surface area contributed by atoms with Crippen molar-refractivity contribution in [3.8, 4) is 22.5 Å². The lowest BCUT2D eigenvalue weighted by Gasteiger charge is -2.11. The van der Waals surface area contributed by atoms with Crippen molar-refractivity contribution >= 4 is 28.3 Å². The van der Waals surface area contributed by atoms with Crippen molar-refractivity contribution in [2.24, 2.45) is 0 Å². The molecule has 0 atom stereocenters. The zero-order chi connectivity index (χ0) is 21.4. The number of nitrogens with zero attached hydrogens (tertiary/aromatic N) is 5. The van der Waals surface area contributed by atoms with Gasteiger partial charge in [-0.2, -0.15) is 5.21 Å². The predicted molar refractivity (Wildman–Crippen MR) is 118 cm³/mol. The van der Waals surface area contributed by atoms with Crippen LogP contribution >= 0.6 is 11.3 Å². The highest BCUT2D eigenvalue weighted by molar-refractivity contribution is 7.13. The number of rotatable bonds is 6. The van der Waals surface area contributed by atoms with E-state index in [-0.39, 0.29) is 0 Å². The minimum atomic E-state index is -0.919. The zero-order valence-electron chi connectivity index (χ0n) is 16.6. The van der Waals surface area contributed by atoms with Crippen LogP contribution in [-0.4, -0.2) is 41.3 Å². The third-order valence-electron chi connectivity index (χ3n) is 5.21. The lowest BCUT2D eigenvalue weighted by molar-refractivity contribution is 0.0703. The number of hydrogen-bond donors (Lipinski definition) is 2. The Hall–Kier alpha value is -3.85. The topological polar surface area (TPSA) is 110 Å². The van der Waals surface area contributed by atoms with E-state index in [1.807, 2.05) is 41.1 Å². The Balaban J connectivity index is 1.51. The Morgan fingerprint density at radius 3 is 2.58 bits per heavy atom. The average Bonchev–Trinajstić information content (AvgIpc) is 3.52. The summed E-state index contributed by atoms with van der Waals surface area (Å²) in [6.07, 6.45) is 0.731. The fourth-order valence-electron chi connectivity index (χ4n) is 3.78. The lowest BCUT2D eigenvalue weighted by atomic mass is 9.98. The first-order valence-electron chi connectivity index (χ1n) is 9.77. The maximum Gasteiger partial charge on any atom is 0.348 e. The molecule has 0 aliphatic carbocycles. The van der Waals surface area contributed by atoms with Crippen LogP contribution in [-0.2, 0) is 13.0 Å². The predicted octanol–water partition coefficient (Wildman–Crippen LogP) is 4.25. The monoisotopic (exact) mass is 430 g/mol. The van der Waals surface area contributed by atoms with Gasteiger partial charge in [-0.05, 0) is 21.9 Å². The molecule has 2 N–H and O–H groups in total. The van der Waals surface area contributed by atoms with Gasteiger partial charge in [-0.15, -0.1) is 21.5 Å². The van der Waals surface area contributed by atoms with Gasteiger partial charge in [0, 0.05) is 23.9 Å². The number of tetrazole rings is 1. The minimum Gasteiger partial charge on any atom is -0.477 e. The summed E-state index contributed by atoms with van der Waals surface area (Å²) in [4.78, 5) is 16.6. The second kappa shape index (κ2) is 7.77. The molecule has 0 aliphatic heterocycles. The third kappa shape index (κ3) is 3.38.